The topological polar surface area (TPSA) is 39.7 Å². The van der Waals surface area contributed by atoms with Crippen molar-refractivity contribution < 1.29 is 4.79 Å². The molecule has 30 heavy (non-hydrogen) atoms. The average molecular weight is 411 g/mol. The monoisotopic (exact) mass is 410 g/mol. The normalized spacial score (nSPS) is 28.4. The first-order valence-electron chi connectivity index (χ1n) is 12.3. The smallest absolute Gasteiger partial charge is 0.226 e. The van der Waals surface area contributed by atoms with Crippen molar-refractivity contribution in [1.82, 2.24) is 19.7 Å². The molecule has 0 radical (unpaired) electrons. The summed E-state index contributed by atoms with van der Waals surface area (Å²) in [6, 6.07) is 4.86. The van der Waals surface area contributed by atoms with E-state index in [0.717, 1.165) is 45.7 Å². The second kappa shape index (κ2) is 8.96. The highest BCUT2D eigenvalue weighted by molar-refractivity contribution is 5.79. The average Bonchev–Trinajstić information content (AvgIpc) is 3.44. The lowest BCUT2D eigenvalue weighted by Crippen LogP contribution is -2.51. The molecule has 4 aliphatic rings. The Morgan fingerprint density at radius 3 is 2.63 bits per heavy atom. The number of pyridine rings is 1. The minimum atomic E-state index is 0.240. The van der Waals surface area contributed by atoms with E-state index in [-0.39, 0.29) is 5.92 Å². The van der Waals surface area contributed by atoms with Crippen molar-refractivity contribution in [2.75, 3.05) is 39.3 Å². The maximum Gasteiger partial charge on any atom is 0.226 e. The first-order chi connectivity index (χ1) is 14.7. The number of carbonyl (C=O) groups excluding carboxylic acids is 1. The van der Waals surface area contributed by atoms with Crippen molar-refractivity contribution >= 4 is 5.91 Å². The molecule has 5 nitrogen and oxygen atoms in total. The zero-order valence-electron chi connectivity index (χ0n) is 18.5. The molecule has 1 amide bonds. The molecule has 1 aliphatic carbocycles. The zero-order valence-corrected chi connectivity index (χ0v) is 18.5. The molecule has 1 spiro atoms. The molecular weight excluding hydrogens is 372 g/mol. The van der Waals surface area contributed by atoms with Gasteiger partial charge in [0.1, 0.15) is 0 Å². The third-order valence-electron chi connectivity index (χ3n) is 8.42. The van der Waals surface area contributed by atoms with Crippen LogP contribution in [-0.2, 0) is 11.3 Å². The minimum Gasteiger partial charge on any atom is -0.342 e. The van der Waals surface area contributed by atoms with Crippen LogP contribution in [0, 0.1) is 11.3 Å². The van der Waals surface area contributed by atoms with Gasteiger partial charge in [-0.3, -0.25) is 19.6 Å². The van der Waals surface area contributed by atoms with E-state index in [1.165, 1.54) is 63.5 Å². The van der Waals surface area contributed by atoms with E-state index in [0.29, 0.717) is 17.4 Å². The van der Waals surface area contributed by atoms with Gasteiger partial charge in [-0.05, 0) is 81.6 Å². The van der Waals surface area contributed by atoms with Crippen molar-refractivity contribution in [2.24, 2.45) is 11.3 Å². The number of piperidine rings is 2. The lowest BCUT2D eigenvalue weighted by Gasteiger charge is -2.42. The summed E-state index contributed by atoms with van der Waals surface area (Å²) in [6.45, 7) is 7.57. The van der Waals surface area contributed by atoms with Gasteiger partial charge in [0.2, 0.25) is 5.91 Å². The van der Waals surface area contributed by atoms with E-state index in [1.54, 1.807) is 0 Å². The van der Waals surface area contributed by atoms with Gasteiger partial charge in [-0.1, -0.05) is 18.9 Å². The molecule has 3 saturated heterocycles. The van der Waals surface area contributed by atoms with Crippen molar-refractivity contribution in [2.45, 2.75) is 70.4 Å². The van der Waals surface area contributed by atoms with E-state index >= 15 is 0 Å². The van der Waals surface area contributed by atoms with Gasteiger partial charge in [0.15, 0.2) is 0 Å². The van der Waals surface area contributed by atoms with E-state index in [1.807, 2.05) is 18.5 Å². The predicted octanol–water partition coefficient (Wildman–Crippen LogP) is 3.55. The zero-order chi connectivity index (χ0) is 20.4. The van der Waals surface area contributed by atoms with Gasteiger partial charge in [0.25, 0.3) is 0 Å². The number of rotatable bonds is 4. The number of aromatic nitrogens is 1. The van der Waals surface area contributed by atoms with Crippen molar-refractivity contribution in [3.63, 3.8) is 0 Å². The summed E-state index contributed by atoms with van der Waals surface area (Å²) in [5.74, 6) is 0.709. The fourth-order valence-electron chi connectivity index (χ4n) is 6.65. The van der Waals surface area contributed by atoms with Crippen LogP contribution in [0.4, 0.5) is 0 Å². The molecule has 0 N–H and O–H groups in total. The third kappa shape index (κ3) is 4.43. The predicted molar refractivity (Wildman–Crippen MR) is 119 cm³/mol. The molecule has 1 atom stereocenters. The van der Waals surface area contributed by atoms with Gasteiger partial charge in [-0.2, -0.15) is 0 Å². The van der Waals surface area contributed by atoms with Crippen molar-refractivity contribution in [3.8, 4) is 0 Å². The molecule has 0 unspecified atom stereocenters. The first kappa shape index (κ1) is 20.4. The van der Waals surface area contributed by atoms with Crippen LogP contribution < -0.4 is 0 Å². The van der Waals surface area contributed by atoms with Crippen molar-refractivity contribution in [1.29, 1.82) is 0 Å². The van der Waals surface area contributed by atoms with Gasteiger partial charge in [0.05, 0.1) is 5.92 Å². The molecule has 1 saturated carbocycles. The molecule has 0 bridgehead atoms. The van der Waals surface area contributed by atoms with E-state index in [2.05, 4.69) is 25.8 Å². The number of likely N-dealkylation sites (tertiary alicyclic amines) is 3. The van der Waals surface area contributed by atoms with Crippen LogP contribution in [0.5, 0.6) is 0 Å². The van der Waals surface area contributed by atoms with Crippen LogP contribution in [0.15, 0.2) is 24.5 Å². The van der Waals surface area contributed by atoms with Crippen LogP contribution >= 0.6 is 0 Å². The molecule has 4 heterocycles. The Morgan fingerprint density at radius 1 is 1.03 bits per heavy atom. The van der Waals surface area contributed by atoms with Gasteiger partial charge in [0, 0.05) is 44.6 Å². The van der Waals surface area contributed by atoms with Gasteiger partial charge in [-0.15, -0.1) is 0 Å². The van der Waals surface area contributed by atoms with E-state index < -0.39 is 0 Å². The molecule has 5 rings (SSSR count). The van der Waals surface area contributed by atoms with E-state index in [9.17, 15) is 4.79 Å². The highest BCUT2D eigenvalue weighted by Crippen LogP contribution is 2.45. The largest absolute Gasteiger partial charge is 0.342 e. The second-order valence-electron chi connectivity index (χ2n) is 10.4. The molecule has 5 heteroatoms. The number of carbonyl (C=O) groups is 1. The van der Waals surface area contributed by atoms with Crippen LogP contribution in [0.3, 0.4) is 0 Å². The van der Waals surface area contributed by atoms with Gasteiger partial charge < -0.3 is 4.90 Å². The Labute approximate surface area is 181 Å². The van der Waals surface area contributed by atoms with Gasteiger partial charge >= 0.3 is 0 Å². The number of amides is 1. The SMILES string of the molecule is O=C([C@H]1CCCN(C2CCN(Cc3cccnc3)CC2)C1)N1CCC2(CCCC2)C1. The quantitative estimate of drug-likeness (QED) is 0.761. The number of nitrogens with zero attached hydrogens (tertiary/aromatic N) is 4. The molecule has 4 fully saturated rings. The summed E-state index contributed by atoms with van der Waals surface area (Å²) >= 11 is 0. The molecule has 1 aromatic heterocycles. The Kier molecular flexibility index (Phi) is 6.10. The summed E-state index contributed by atoms with van der Waals surface area (Å²) in [5, 5.41) is 0. The lowest BCUT2D eigenvalue weighted by molar-refractivity contribution is -0.137. The maximum atomic E-state index is 13.3. The van der Waals surface area contributed by atoms with Crippen molar-refractivity contribution in [3.05, 3.63) is 30.1 Å². The maximum absolute atomic E-state index is 13.3. The Morgan fingerprint density at radius 2 is 1.87 bits per heavy atom. The fourth-order valence-corrected chi connectivity index (χ4v) is 6.65. The van der Waals surface area contributed by atoms with E-state index in [4.69, 9.17) is 0 Å². The van der Waals surface area contributed by atoms with Crippen LogP contribution in [-0.4, -0.2) is 70.9 Å². The summed E-state index contributed by atoms with van der Waals surface area (Å²) in [5.41, 5.74) is 1.80. The highest BCUT2D eigenvalue weighted by atomic mass is 16.2. The van der Waals surface area contributed by atoms with Gasteiger partial charge in [-0.25, -0.2) is 0 Å². The van der Waals surface area contributed by atoms with Crippen LogP contribution in [0.1, 0.15) is 63.4 Å². The summed E-state index contributed by atoms with van der Waals surface area (Å²) < 4.78 is 0. The molecule has 3 aliphatic heterocycles. The molecule has 0 aromatic carbocycles. The molecular formula is C25H38N4O. The second-order valence-corrected chi connectivity index (χ2v) is 10.4. The standard InChI is InChI=1S/C25H38N4O/c30-24(29-16-11-25(20-29)9-1-2-10-25)22-6-4-13-28(19-22)23-7-14-27(15-8-23)18-21-5-3-12-26-17-21/h3,5,12,17,22-23H,1-2,4,6-11,13-16,18-20H2/t22-/m0/s1. The highest BCUT2D eigenvalue weighted by Gasteiger charge is 2.43. The Bertz CT molecular complexity index is 709. The van der Waals surface area contributed by atoms with Crippen LogP contribution in [0.25, 0.3) is 0 Å². The Balaban J connectivity index is 1.11. The molecule has 1 aromatic rings. The Hall–Kier alpha value is -1.46. The number of hydrogen-bond donors (Lipinski definition) is 0. The first-order valence-corrected chi connectivity index (χ1v) is 12.3. The molecule has 164 valence electrons. The lowest BCUT2D eigenvalue weighted by atomic mass is 9.85. The minimum absolute atomic E-state index is 0.240. The fraction of sp³-hybridized carbons (Fsp3) is 0.760. The summed E-state index contributed by atoms with van der Waals surface area (Å²) in [6.07, 6.45) is 15.3. The summed E-state index contributed by atoms with van der Waals surface area (Å²) in [7, 11) is 0. The van der Waals surface area contributed by atoms with Crippen LogP contribution in [0.2, 0.25) is 0 Å². The third-order valence-corrected chi connectivity index (χ3v) is 8.42. The number of hydrogen-bond acceptors (Lipinski definition) is 4. The summed E-state index contributed by atoms with van der Waals surface area (Å²) in [4.78, 5) is 25.0.